The van der Waals surface area contributed by atoms with Crippen LogP contribution in [0.15, 0.2) is 54.6 Å². The van der Waals surface area contributed by atoms with E-state index >= 15 is 0 Å². The molecule has 30 heavy (non-hydrogen) atoms. The van der Waals surface area contributed by atoms with E-state index in [-0.39, 0.29) is 17.2 Å². The highest BCUT2D eigenvalue weighted by Gasteiger charge is 2.34. The number of likely N-dealkylation sites (tertiary alicyclic amines) is 1. The van der Waals surface area contributed by atoms with Crippen LogP contribution >= 0.6 is 0 Å². The van der Waals surface area contributed by atoms with Crippen LogP contribution in [0.5, 0.6) is 5.75 Å². The van der Waals surface area contributed by atoms with E-state index in [1.165, 1.54) is 12.1 Å². The fourth-order valence-corrected chi connectivity index (χ4v) is 3.74. The Morgan fingerprint density at radius 3 is 2.37 bits per heavy atom. The number of aromatic nitrogens is 1. The maximum atomic E-state index is 14.7. The summed E-state index contributed by atoms with van der Waals surface area (Å²) in [6, 6.07) is 13.3. The molecule has 4 rings (SSSR count). The minimum absolute atomic E-state index is 0.0157. The molecule has 1 fully saturated rings. The largest absolute Gasteiger partial charge is 0.489 e. The monoisotopic (exact) mass is 422 g/mol. The number of hydrogen-bond donors (Lipinski definition) is 0. The van der Waals surface area contributed by atoms with Crippen molar-refractivity contribution < 1.29 is 26.7 Å². The molecule has 1 aromatic heterocycles. The van der Waals surface area contributed by atoms with Gasteiger partial charge in [0.05, 0.1) is 11.1 Å². The normalized spacial score (nSPS) is 17.2. The first kappa shape index (κ1) is 20.5. The van der Waals surface area contributed by atoms with Crippen LogP contribution in [0.3, 0.4) is 0 Å². The lowest BCUT2D eigenvalue weighted by Gasteiger charge is -2.34. The molecule has 1 atom stereocenters. The fraction of sp³-hybridized carbons (Fsp3) is 0.318. The Bertz CT molecular complexity index is 1020. The lowest BCUT2D eigenvalue weighted by molar-refractivity contribution is -0.136. The zero-order chi connectivity index (χ0) is 21.3. The molecule has 158 valence electrons. The molecule has 3 nitrogen and oxygen atoms in total. The molecule has 2 heterocycles. The molecule has 0 radical (unpaired) electrons. The summed E-state index contributed by atoms with van der Waals surface area (Å²) >= 11 is 0. The molecule has 2 aromatic carbocycles. The number of hydrogen-bond acceptors (Lipinski definition) is 3. The van der Waals surface area contributed by atoms with Gasteiger partial charge in [-0.15, -0.1) is 0 Å². The third-order valence-electron chi connectivity index (χ3n) is 5.24. The molecular weight excluding hydrogens is 403 g/mol. The maximum Gasteiger partial charge on any atom is 0.418 e. The van der Waals surface area contributed by atoms with Crippen molar-refractivity contribution in [3.05, 3.63) is 71.7 Å². The van der Waals surface area contributed by atoms with Crippen molar-refractivity contribution in [1.29, 1.82) is 0 Å². The van der Waals surface area contributed by atoms with E-state index in [0.717, 1.165) is 12.1 Å². The Morgan fingerprint density at radius 2 is 1.70 bits per heavy atom. The van der Waals surface area contributed by atoms with Crippen LogP contribution in [-0.4, -0.2) is 29.1 Å². The third-order valence-corrected chi connectivity index (χ3v) is 5.24. The first-order chi connectivity index (χ1) is 14.3. The number of alkyl halides is 4. The first-order valence-corrected chi connectivity index (χ1v) is 9.59. The van der Waals surface area contributed by atoms with Crippen molar-refractivity contribution in [3.63, 3.8) is 0 Å². The zero-order valence-electron chi connectivity index (χ0n) is 15.9. The highest BCUT2D eigenvalue weighted by atomic mass is 19.4. The van der Waals surface area contributed by atoms with E-state index < -0.39 is 29.5 Å². The molecule has 1 unspecified atom stereocenters. The Balaban J connectivity index is 1.51. The van der Waals surface area contributed by atoms with Gasteiger partial charge in [-0.05, 0) is 25.0 Å². The van der Waals surface area contributed by atoms with Gasteiger partial charge in [0, 0.05) is 30.1 Å². The summed E-state index contributed by atoms with van der Waals surface area (Å²) in [6.07, 6.45) is -5.31. The van der Waals surface area contributed by atoms with Gasteiger partial charge in [-0.2, -0.15) is 17.6 Å². The minimum atomic E-state index is -4.66. The van der Waals surface area contributed by atoms with Crippen LogP contribution in [0.2, 0.25) is 0 Å². The van der Waals surface area contributed by atoms with E-state index in [1.807, 2.05) is 6.07 Å². The predicted octanol–water partition coefficient (Wildman–Crippen LogP) is 5.90. The quantitative estimate of drug-likeness (QED) is 0.297. The predicted molar refractivity (Wildman–Crippen MR) is 102 cm³/mol. The van der Waals surface area contributed by atoms with E-state index in [9.17, 15) is 22.0 Å². The highest BCUT2D eigenvalue weighted by molar-refractivity contribution is 5.87. The molecule has 0 amide bonds. The molecule has 0 saturated carbocycles. The Hall–Kier alpha value is -2.74. The zero-order valence-corrected chi connectivity index (χ0v) is 15.9. The smallest absolute Gasteiger partial charge is 0.418 e. The molecule has 0 spiro atoms. The van der Waals surface area contributed by atoms with Crippen LogP contribution < -0.4 is 4.74 Å². The van der Waals surface area contributed by atoms with Crippen LogP contribution in [0.4, 0.5) is 22.0 Å². The summed E-state index contributed by atoms with van der Waals surface area (Å²) in [6.45, 7) is 0.833. The first-order valence-electron chi connectivity index (χ1n) is 9.59. The van der Waals surface area contributed by atoms with Crippen LogP contribution in [-0.2, 0) is 6.18 Å². The van der Waals surface area contributed by atoms with E-state index in [4.69, 9.17) is 4.74 Å². The van der Waals surface area contributed by atoms with Crippen molar-refractivity contribution in [1.82, 2.24) is 9.88 Å². The van der Waals surface area contributed by atoms with Gasteiger partial charge < -0.3 is 4.74 Å². The summed E-state index contributed by atoms with van der Waals surface area (Å²) in [7, 11) is 0. The van der Waals surface area contributed by atoms with Gasteiger partial charge in [0.15, 0.2) is 6.30 Å². The molecule has 1 saturated heterocycles. The number of piperidine rings is 1. The maximum absolute atomic E-state index is 14.7. The lowest BCUT2D eigenvalue weighted by Crippen LogP contribution is -2.39. The molecule has 0 aliphatic carbocycles. The van der Waals surface area contributed by atoms with Crippen molar-refractivity contribution in [2.75, 3.05) is 13.1 Å². The van der Waals surface area contributed by atoms with Crippen molar-refractivity contribution >= 4 is 10.9 Å². The Morgan fingerprint density at radius 1 is 1.00 bits per heavy atom. The van der Waals surface area contributed by atoms with E-state index in [2.05, 4.69) is 4.98 Å². The molecule has 8 heteroatoms. The number of halogens is 5. The standard InChI is InChI=1S/C22H19F5N2O/c23-19-13-18(16-7-4-8-17(20(16)28-19)22(25,26)27)30-15-9-11-29(12-10-15)21(24)14-5-2-1-3-6-14/h1-8,13,15,21H,9-12H2. The van der Waals surface area contributed by atoms with Crippen LogP contribution in [0, 0.1) is 5.95 Å². The van der Waals surface area contributed by atoms with Gasteiger partial charge in [0.1, 0.15) is 11.9 Å². The van der Waals surface area contributed by atoms with Gasteiger partial charge >= 0.3 is 6.18 Å². The number of nitrogens with zero attached hydrogens (tertiary/aromatic N) is 2. The average Bonchev–Trinajstić information content (AvgIpc) is 2.73. The molecule has 1 aliphatic rings. The SMILES string of the molecule is Fc1cc(OC2CCN(C(F)c3ccccc3)CC2)c2cccc(C(F)(F)F)c2n1. The van der Waals surface area contributed by atoms with Crippen LogP contribution in [0.25, 0.3) is 10.9 Å². The number of pyridine rings is 1. The summed E-state index contributed by atoms with van der Waals surface area (Å²) in [4.78, 5) is 5.12. The molecule has 0 N–H and O–H groups in total. The third kappa shape index (κ3) is 4.23. The lowest BCUT2D eigenvalue weighted by atomic mass is 10.1. The second-order valence-electron chi connectivity index (χ2n) is 7.24. The van der Waals surface area contributed by atoms with E-state index in [1.54, 1.807) is 29.2 Å². The van der Waals surface area contributed by atoms with Gasteiger partial charge in [0.25, 0.3) is 0 Å². The van der Waals surface area contributed by atoms with Crippen molar-refractivity contribution in [2.45, 2.75) is 31.4 Å². The summed E-state index contributed by atoms with van der Waals surface area (Å²) < 4.78 is 74.3. The van der Waals surface area contributed by atoms with Gasteiger partial charge in [-0.25, -0.2) is 9.37 Å². The van der Waals surface area contributed by atoms with Crippen molar-refractivity contribution in [3.8, 4) is 5.75 Å². The topological polar surface area (TPSA) is 25.4 Å². The number of ether oxygens (including phenoxy) is 1. The Kier molecular flexibility index (Phi) is 5.60. The molecular formula is C22H19F5N2O. The van der Waals surface area contributed by atoms with Gasteiger partial charge in [0.2, 0.25) is 5.95 Å². The van der Waals surface area contributed by atoms with E-state index in [0.29, 0.717) is 31.5 Å². The second-order valence-corrected chi connectivity index (χ2v) is 7.24. The number of fused-ring (bicyclic) bond motifs is 1. The second kappa shape index (κ2) is 8.18. The number of benzene rings is 2. The van der Waals surface area contributed by atoms with Crippen LogP contribution in [0.1, 0.15) is 30.3 Å². The fourth-order valence-electron chi connectivity index (χ4n) is 3.74. The van der Waals surface area contributed by atoms with Gasteiger partial charge in [-0.1, -0.05) is 36.4 Å². The van der Waals surface area contributed by atoms with Gasteiger partial charge in [-0.3, -0.25) is 4.90 Å². The molecule has 0 bridgehead atoms. The number of rotatable bonds is 4. The minimum Gasteiger partial charge on any atom is -0.489 e. The van der Waals surface area contributed by atoms with Crippen molar-refractivity contribution in [2.24, 2.45) is 0 Å². The molecule has 1 aliphatic heterocycles. The summed E-state index contributed by atoms with van der Waals surface area (Å²) in [5, 5.41) is 0.0984. The summed E-state index contributed by atoms with van der Waals surface area (Å²) in [5.41, 5.74) is -0.925. The number of para-hydroxylation sites is 1. The molecule has 3 aromatic rings. The summed E-state index contributed by atoms with van der Waals surface area (Å²) in [5.74, 6) is -1.03. The highest BCUT2D eigenvalue weighted by Crippen LogP contribution is 2.37. The average molecular weight is 422 g/mol. The Labute approximate surface area is 170 Å².